The van der Waals surface area contributed by atoms with Crippen LogP contribution in [-0.2, 0) is 13.6 Å². The first-order valence-corrected chi connectivity index (χ1v) is 12.9. The van der Waals surface area contributed by atoms with Crippen LogP contribution in [0.1, 0.15) is 53.7 Å². The third kappa shape index (κ3) is 5.20. The van der Waals surface area contributed by atoms with Crippen molar-refractivity contribution >= 4 is 11.9 Å². The molecule has 1 saturated carbocycles. The molecule has 5 rings (SSSR count). The van der Waals surface area contributed by atoms with Gasteiger partial charge in [-0.15, -0.1) is 0 Å². The number of aryl methyl sites for hydroxylation is 2. The van der Waals surface area contributed by atoms with E-state index in [4.69, 9.17) is 15.3 Å². The molecule has 9 nitrogen and oxygen atoms in total. The van der Waals surface area contributed by atoms with Gasteiger partial charge in [0.1, 0.15) is 5.75 Å². The fourth-order valence-corrected chi connectivity index (χ4v) is 5.76. The monoisotopic (exact) mass is 521 g/mol. The van der Waals surface area contributed by atoms with Crippen molar-refractivity contribution in [2.45, 2.75) is 51.6 Å². The van der Waals surface area contributed by atoms with Crippen molar-refractivity contribution in [2.24, 2.45) is 18.9 Å². The Morgan fingerprint density at radius 2 is 1.92 bits per heavy atom. The fraction of sp³-hybridized carbons (Fsp3) is 0.429. The lowest BCUT2D eigenvalue weighted by Gasteiger charge is -2.32. The number of halogens is 1. The van der Waals surface area contributed by atoms with Crippen molar-refractivity contribution < 1.29 is 23.8 Å². The Kier molecular flexibility index (Phi) is 7.05. The maximum absolute atomic E-state index is 13.8. The first-order valence-electron chi connectivity index (χ1n) is 12.9. The van der Waals surface area contributed by atoms with E-state index in [0.717, 1.165) is 31.2 Å². The number of nitrogens with one attached hydrogen (secondary N) is 2. The zero-order chi connectivity index (χ0) is 27.0. The third-order valence-electron chi connectivity index (χ3n) is 7.78. The van der Waals surface area contributed by atoms with Gasteiger partial charge in [-0.2, -0.15) is 4.39 Å². The van der Waals surface area contributed by atoms with E-state index in [1.807, 2.05) is 18.3 Å². The van der Waals surface area contributed by atoms with Crippen LogP contribution in [0.5, 0.6) is 5.75 Å². The smallest absolute Gasteiger partial charge is 0.404 e. The molecule has 0 spiro atoms. The van der Waals surface area contributed by atoms with Crippen molar-refractivity contribution in [1.29, 1.82) is 5.41 Å². The van der Waals surface area contributed by atoms with E-state index in [-0.39, 0.29) is 24.3 Å². The summed E-state index contributed by atoms with van der Waals surface area (Å²) in [7, 11) is 1.80. The second kappa shape index (κ2) is 10.4. The molecule has 0 radical (unpaired) electrons. The lowest BCUT2D eigenvalue weighted by atomic mass is 9.78. The number of hydrogen-bond acceptors (Lipinski definition) is 5. The summed E-state index contributed by atoms with van der Waals surface area (Å²) in [5.74, 6) is -0.0108. The lowest BCUT2D eigenvalue weighted by molar-refractivity contribution is 0.0784. The number of ether oxygens (including phenoxy) is 1. The number of nitrogens with zero attached hydrogens (tertiary/aromatic N) is 3. The van der Waals surface area contributed by atoms with Crippen LogP contribution in [0.15, 0.2) is 36.7 Å². The Hall–Kier alpha value is -3.95. The van der Waals surface area contributed by atoms with Gasteiger partial charge < -0.3 is 24.3 Å². The number of ketones is 1. The van der Waals surface area contributed by atoms with Crippen molar-refractivity contribution in [3.05, 3.63) is 65.0 Å². The van der Waals surface area contributed by atoms with E-state index in [2.05, 4.69) is 10.3 Å². The van der Waals surface area contributed by atoms with Crippen LogP contribution >= 0.6 is 0 Å². The Morgan fingerprint density at radius 1 is 1.18 bits per heavy atom. The van der Waals surface area contributed by atoms with Crippen molar-refractivity contribution in [2.75, 3.05) is 6.61 Å². The molecule has 200 valence electrons. The molecule has 0 unspecified atom stereocenters. The van der Waals surface area contributed by atoms with Crippen LogP contribution in [0.4, 0.5) is 9.18 Å². The first kappa shape index (κ1) is 25.7. The SMILES string of the molecule is Cc1nc(F)ccc1-c1cc(Cn2ccn(C)c2=N)cc2c1OC[C@H](CC1CCC(NC(=O)O)CC1)C2=O. The van der Waals surface area contributed by atoms with Gasteiger partial charge in [-0.25, -0.2) is 9.78 Å². The predicted octanol–water partition coefficient (Wildman–Crippen LogP) is 4.27. The molecule has 38 heavy (non-hydrogen) atoms. The van der Waals surface area contributed by atoms with Gasteiger partial charge in [-0.3, -0.25) is 10.2 Å². The van der Waals surface area contributed by atoms with Crippen molar-refractivity contribution in [3.8, 4) is 16.9 Å². The van der Waals surface area contributed by atoms with Crippen LogP contribution < -0.4 is 15.7 Å². The summed E-state index contributed by atoms with van der Waals surface area (Å²) >= 11 is 0. The van der Waals surface area contributed by atoms with Crippen LogP contribution in [0.3, 0.4) is 0 Å². The number of rotatable bonds is 6. The highest BCUT2D eigenvalue weighted by molar-refractivity contribution is 6.03. The Bertz CT molecular complexity index is 1440. The minimum absolute atomic E-state index is 0.0250. The van der Waals surface area contributed by atoms with Gasteiger partial charge in [0.2, 0.25) is 11.6 Å². The number of carbonyl (C=O) groups is 2. The number of hydrogen-bond donors (Lipinski definition) is 3. The van der Waals surface area contributed by atoms with Gasteiger partial charge in [0, 0.05) is 42.3 Å². The number of carbonyl (C=O) groups excluding carboxylic acids is 1. The summed E-state index contributed by atoms with van der Waals surface area (Å²) in [4.78, 5) is 28.7. The topological polar surface area (TPSA) is 122 Å². The number of Topliss-reactive ketones (excluding diaryl/α,β-unsaturated/α-hetero) is 1. The highest BCUT2D eigenvalue weighted by atomic mass is 19.1. The molecule has 3 heterocycles. The van der Waals surface area contributed by atoms with E-state index < -0.39 is 12.0 Å². The minimum atomic E-state index is -0.995. The number of amides is 1. The van der Waals surface area contributed by atoms with Crippen LogP contribution in [0.25, 0.3) is 11.1 Å². The van der Waals surface area contributed by atoms with Gasteiger partial charge in [0.25, 0.3) is 0 Å². The van der Waals surface area contributed by atoms with E-state index in [1.165, 1.54) is 6.07 Å². The molecular weight excluding hydrogens is 489 g/mol. The zero-order valence-corrected chi connectivity index (χ0v) is 21.5. The Balaban J connectivity index is 1.45. The number of aromatic nitrogens is 3. The normalized spacial score (nSPS) is 21.0. The standard InChI is InChI=1S/C28H32FN5O4/c1-16-21(7-8-24(29)31-16)22-12-18(14-34-10-9-33(2)27(34)30)13-23-25(35)19(15-38-26(22)23)11-17-3-5-20(6-4-17)32-28(36)37/h7-10,12-13,17,19-20,30,32H,3-6,11,14-15H2,1-2H3,(H,36,37)/t17?,19-,20?/m0/s1. The molecule has 2 aliphatic rings. The molecule has 1 aliphatic heterocycles. The molecule has 1 aromatic carbocycles. The van der Waals surface area contributed by atoms with Crippen LogP contribution in [0, 0.1) is 30.1 Å². The highest BCUT2D eigenvalue weighted by Gasteiger charge is 2.34. The summed E-state index contributed by atoms with van der Waals surface area (Å²) in [5.41, 5.74) is 3.56. The number of carboxylic acid groups (broad SMARTS) is 1. The van der Waals surface area contributed by atoms with Crippen molar-refractivity contribution in [1.82, 2.24) is 19.4 Å². The molecular formula is C28H32FN5O4. The molecule has 1 fully saturated rings. The summed E-state index contributed by atoms with van der Waals surface area (Å²) < 4.78 is 23.5. The Morgan fingerprint density at radius 3 is 2.58 bits per heavy atom. The second-order valence-corrected chi connectivity index (χ2v) is 10.4. The number of imidazole rings is 1. The maximum Gasteiger partial charge on any atom is 0.404 e. The molecule has 10 heteroatoms. The second-order valence-electron chi connectivity index (χ2n) is 10.4. The molecule has 3 aromatic rings. The van der Waals surface area contributed by atoms with E-state index in [1.54, 1.807) is 35.4 Å². The quantitative estimate of drug-likeness (QED) is 0.418. The van der Waals surface area contributed by atoms with Gasteiger partial charge in [0.05, 0.1) is 24.6 Å². The fourth-order valence-electron chi connectivity index (χ4n) is 5.76. The van der Waals surface area contributed by atoms with Gasteiger partial charge in [-0.1, -0.05) is 0 Å². The summed E-state index contributed by atoms with van der Waals surface area (Å²) in [6.45, 7) is 2.39. The zero-order valence-electron chi connectivity index (χ0n) is 21.5. The molecule has 1 aliphatic carbocycles. The molecule has 1 amide bonds. The summed E-state index contributed by atoms with van der Waals surface area (Å²) in [5, 5.41) is 19.8. The summed E-state index contributed by atoms with van der Waals surface area (Å²) in [6, 6.07) is 6.72. The van der Waals surface area contributed by atoms with Gasteiger partial charge in [-0.05, 0) is 74.8 Å². The molecule has 3 N–H and O–H groups in total. The number of pyridine rings is 1. The maximum atomic E-state index is 13.8. The van der Waals surface area contributed by atoms with Crippen LogP contribution in [0.2, 0.25) is 0 Å². The number of fused-ring (bicyclic) bond motifs is 1. The van der Waals surface area contributed by atoms with Gasteiger partial charge >= 0.3 is 6.09 Å². The van der Waals surface area contributed by atoms with Crippen molar-refractivity contribution in [3.63, 3.8) is 0 Å². The largest absolute Gasteiger partial charge is 0.491 e. The van der Waals surface area contributed by atoms with E-state index in [0.29, 0.717) is 52.6 Å². The average molecular weight is 522 g/mol. The van der Waals surface area contributed by atoms with E-state index in [9.17, 15) is 14.0 Å². The lowest BCUT2D eigenvalue weighted by Crippen LogP contribution is -2.37. The van der Waals surface area contributed by atoms with E-state index >= 15 is 0 Å². The summed E-state index contributed by atoms with van der Waals surface area (Å²) in [6.07, 6.45) is 6.59. The van der Waals surface area contributed by atoms with Crippen LogP contribution in [-0.4, -0.2) is 43.7 Å². The Labute approximate surface area is 219 Å². The molecule has 2 aromatic heterocycles. The molecule has 0 saturated heterocycles. The average Bonchev–Trinajstić information content (AvgIpc) is 3.18. The number of benzene rings is 1. The third-order valence-corrected chi connectivity index (χ3v) is 7.78. The highest BCUT2D eigenvalue weighted by Crippen LogP contribution is 2.41. The predicted molar refractivity (Wildman–Crippen MR) is 138 cm³/mol. The minimum Gasteiger partial charge on any atom is -0.491 e. The molecule has 0 bridgehead atoms. The molecule has 1 atom stereocenters. The van der Waals surface area contributed by atoms with Gasteiger partial charge in [0.15, 0.2) is 5.78 Å². The first-order chi connectivity index (χ1) is 18.2.